The number of nitrogens with one attached hydrogen (secondary N) is 2. The number of halogens is 1. The van der Waals surface area contributed by atoms with Crippen molar-refractivity contribution in [3.05, 3.63) is 64.6 Å². The smallest absolute Gasteiger partial charge is 0.321 e. The average Bonchev–Trinajstić information content (AvgIpc) is 2.67. The van der Waals surface area contributed by atoms with E-state index >= 15 is 0 Å². The van der Waals surface area contributed by atoms with Crippen LogP contribution in [0.1, 0.15) is 25.3 Å². The first-order valence-corrected chi connectivity index (χ1v) is 9.89. The second-order valence-corrected chi connectivity index (χ2v) is 8.11. The van der Waals surface area contributed by atoms with E-state index < -0.39 is 5.41 Å². The van der Waals surface area contributed by atoms with E-state index in [1.54, 1.807) is 4.90 Å². The molecule has 2 N–H and O–H groups in total. The zero-order valence-corrected chi connectivity index (χ0v) is 17.0. The lowest BCUT2D eigenvalue weighted by molar-refractivity contribution is -0.132. The van der Waals surface area contributed by atoms with E-state index in [-0.39, 0.29) is 11.9 Å². The molecule has 1 atom stereocenters. The van der Waals surface area contributed by atoms with Gasteiger partial charge in [0.05, 0.1) is 5.41 Å². The number of rotatable bonds is 4. The largest absolute Gasteiger partial charge is 0.351 e. The van der Waals surface area contributed by atoms with E-state index in [9.17, 15) is 9.59 Å². The molecule has 1 aliphatic heterocycles. The molecule has 5 nitrogen and oxygen atoms in total. The Labute approximate surface area is 168 Å². The highest BCUT2D eigenvalue weighted by Crippen LogP contribution is 2.30. The van der Waals surface area contributed by atoms with Gasteiger partial charge in [-0.15, -0.1) is 0 Å². The Balaban J connectivity index is 1.59. The Bertz CT molecular complexity index is 812. The van der Waals surface area contributed by atoms with Gasteiger partial charge in [0.15, 0.2) is 0 Å². The zero-order chi connectivity index (χ0) is 19.3. The van der Waals surface area contributed by atoms with Crippen LogP contribution >= 0.6 is 15.9 Å². The topological polar surface area (TPSA) is 61.4 Å². The number of hydrogen-bond acceptors (Lipinski definition) is 2. The molecular formula is C21H24BrN3O2. The first-order valence-electron chi connectivity index (χ1n) is 9.10. The summed E-state index contributed by atoms with van der Waals surface area (Å²) in [5.41, 5.74) is 1.21. The highest BCUT2D eigenvalue weighted by Gasteiger charge is 2.39. The van der Waals surface area contributed by atoms with Crippen molar-refractivity contribution in [2.45, 2.75) is 26.3 Å². The zero-order valence-electron chi connectivity index (χ0n) is 15.4. The fraction of sp³-hybridized carbons (Fsp3) is 0.333. The van der Waals surface area contributed by atoms with Gasteiger partial charge in [-0.2, -0.15) is 0 Å². The van der Waals surface area contributed by atoms with Crippen LogP contribution in [-0.4, -0.2) is 29.9 Å². The number of hydrogen-bond donors (Lipinski definition) is 2. The molecule has 3 amide bonds. The van der Waals surface area contributed by atoms with Gasteiger partial charge in [0.25, 0.3) is 0 Å². The molecule has 2 aromatic carbocycles. The monoisotopic (exact) mass is 429 g/mol. The fourth-order valence-electron chi connectivity index (χ4n) is 3.36. The quantitative estimate of drug-likeness (QED) is 0.756. The van der Waals surface area contributed by atoms with Crippen LogP contribution in [0.5, 0.6) is 0 Å². The Hall–Kier alpha value is -2.34. The Morgan fingerprint density at radius 1 is 1.15 bits per heavy atom. The molecule has 3 rings (SSSR count). The molecule has 1 fully saturated rings. The molecule has 2 aromatic rings. The maximum atomic E-state index is 12.8. The van der Waals surface area contributed by atoms with Gasteiger partial charge in [-0.1, -0.05) is 52.3 Å². The molecule has 1 aliphatic rings. The number of likely N-dealkylation sites (tertiary alicyclic amines) is 1. The fourth-order valence-corrected chi connectivity index (χ4v) is 3.76. The number of piperidine rings is 1. The SMILES string of the molecule is CC1(C(=O)NCc2ccccc2)CCCN(C(=O)Nc2cccc(Br)c2)C1. The summed E-state index contributed by atoms with van der Waals surface area (Å²) in [6.45, 7) is 3.50. The van der Waals surface area contributed by atoms with Crippen LogP contribution in [0.2, 0.25) is 0 Å². The van der Waals surface area contributed by atoms with Gasteiger partial charge in [0, 0.05) is 29.8 Å². The molecule has 0 saturated carbocycles. The van der Waals surface area contributed by atoms with Crippen molar-refractivity contribution in [1.82, 2.24) is 10.2 Å². The first kappa shape index (κ1) is 19.4. The number of carbonyl (C=O) groups excluding carboxylic acids is 2. The van der Waals surface area contributed by atoms with Crippen molar-refractivity contribution in [1.29, 1.82) is 0 Å². The lowest BCUT2D eigenvalue weighted by Gasteiger charge is -2.39. The maximum absolute atomic E-state index is 12.8. The minimum Gasteiger partial charge on any atom is -0.351 e. The summed E-state index contributed by atoms with van der Waals surface area (Å²) in [6, 6.07) is 17.1. The Kier molecular flexibility index (Phi) is 6.16. The third-order valence-corrected chi connectivity index (χ3v) is 5.40. The average molecular weight is 430 g/mol. The predicted octanol–water partition coefficient (Wildman–Crippen LogP) is 4.40. The molecule has 0 radical (unpaired) electrons. The van der Waals surface area contributed by atoms with Gasteiger partial charge in [0.2, 0.25) is 5.91 Å². The van der Waals surface area contributed by atoms with Crippen LogP contribution in [0.25, 0.3) is 0 Å². The molecule has 0 aromatic heterocycles. The van der Waals surface area contributed by atoms with Crippen LogP contribution < -0.4 is 10.6 Å². The molecule has 0 spiro atoms. The molecular weight excluding hydrogens is 406 g/mol. The van der Waals surface area contributed by atoms with Gasteiger partial charge < -0.3 is 15.5 Å². The standard InChI is InChI=1S/C21H24BrN3O2/c1-21(19(26)23-14-16-7-3-2-4-8-16)11-6-12-25(15-21)20(27)24-18-10-5-9-17(22)13-18/h2-5,7-10,13H,6,11-12,14-15H2,1H3,(H,23,26)(H,24,27). The highest BCUT2D eigenvalue weighted by molar-refractivity contribution is 9.10. The second kappa shape index (κ2) is 8.57. The second-order valence-electron chi connectivity index (χ2n) is 7.19. The molecule has 1 unspecified atom stereocenters. The summed E-state index contributed by atoms with van der Waals surface area (Å²) in [6.07, 6.45) is 1.58. The van der Waals surface area contributed by atoms with Gasteiger partial charge in [-0.05, 0) is 43.5 Å². The van der Waals surface area contributed by atoms with E-state index in [2.05, 4.69) is 26.6 Å². The Morgan fingerprint density at radius 3 is 2.67 bits per heavy atom. The molecule has 1 heterocycles. The van der Waals surface area contributed by atoms with Crippen molar-refractivity contribution in [3.63, 3.8) is 0 Å². The third-order valence-electron chi connectivity index (χ3n) is 4.90. The van der Waals surface area contributed by atoms with Crippen LogP contribution in [-0.2, 0) is 11.3 Å². The molecule has 0 bridgehead atoms. The number of benzene rings is 2. The molecule has 1 saturated heterocycles. The number of urea groups is 1. The van der Waals surface area contributed by atoms with E-state index in [4.69, 9.17) is 0 Å². The maximum Gasteiger partial charge on any atom is 0.321 e. The number of nitrogens with zero attached hydrogens (tertiary/aromatic N) is 1. The summed E-state index contributed by atoms with van der Waals surface area (Å²) >= 11 is 3.40. The normalized spacial score (nSPS) is 19.4. The van der Waals surface area contributed by atoms with Crippen molar-refractivity contribution in [2.24, 2.45) is 5.41 Å². The molecule has 142 valence electrons. The van der Waals surface area contributed by atoms with Gasteiger partial charge in [-0.3, -0.25) is 4.79 Å². The molecule has 0 aliphatic carbocycles. The summed E-state index contributed by atoms with van der Waals surface area (Å²) in [4.78, 5) is 27.2. The molecule has 27 heavy (non-hydrogen) atoms. The van der Waals surface area contributed by atoms with E-state index in [1.165, 1.54) is 0 Å². The number of carbonyl (C=O) groups is 2. The van der Waals surface area contributed by atoms with Crippen LogP contribution in [0, 0.1) is 5.41 Å². The summed E-state index contributed by atoms with van der Waals surface area (Å²) < 4.78 is 0.907. The minimum absolute atomic E-state index is 0.00805. The first-order chi connectivity index (χ1) is 13.0. The summed E-state index contributed by atoms with van der Waals surface area (Å²) in [5, 5.41) is 5.93. The van der Waals surface area contributed by atoms with Crippen molar-refractivity contribution < 1.29 is 9.59 Å². The Morgan fingerprint density at radius 2 is 1.93 bits per heavy atom. The van der Waals surface area contributed by atoms with Crippen LogP contribution in [0.4, 0.5) is 10.5 Å². The van der Waals surface area contributed by atoms with E-state index in [1.807, 2.05) is 61.5 Å². The minimum atomic E-state index is -0.582. The number of anilines is 1. The predicted molar refractivity (Wildman–Crippen MR) is 110 cm³/mol. The van der Waals surface area contributed by atoms with Crippen molar-refractivity contribution in [2.75, 3.05) is 18.4 Å². The van der Waals surface area contributed by atoms with E-state index in [0.717, 1.165) is 28.6 Å². The lowest BCUT2D eigenvalue weighted by Crippen LogP contribution is -2.52. The molecule has 6 heteroatoms. The van der Waals surface area contributed by atoms with Crippen LogP contribution in [0.3, 0.4) is 0 Å². The van der Waals surface area contributed by atoms with Gasteiger partial charge >= 0.3 is 6.03 Å². The lowest BCUT2D eigenvalue weighted by atomic mass is 9.81. The van der Waals surface area contributed by atoms with Gasteiger partial charge in [-0.25, -0.2) is 4.79 Å². The number of amides is 3. The summed E-state index contributed by atoms with van der Waals surface area (Å²) in [5.74, 6) is -0.00805. The van der Waals surface area contributed by atoms with Gasteiger partial charge in [0.1, 0.15) is 0 Å². The van der Waals surface area contributed by atoms with Crippen LogP contribution in [0.15, 0.2) is 59.1 Å². The van der Waals surface area contributed by atoms with Crippen molar-refractivity contribution in [3.8, 4) is 0 Å². The summed E-state index contributed by atoms with van der Waals surface area (Å²) in [7, 11) is 0. The third kappa shape index (κ3) is 5.10. The van der Waals surface area contributed by atoms with Crippen molar-refractivity contribution >= 4 is 33.6 Å². The highest BCUT2D eigenvalue weighted by atomic mass is 79.9. The van der Waals surface area contributed by atoms with E-state index in [0.29, 0.717) is 19.6 Å².